The molecule has 13 heteroatoms. The Hall–Kier alpha value is -3.22. The lowest BCUT2D eigenvalue weighted by Crippen LogP contribution is -2.48. The average Bonchev–Trinajstić information content (AvgIpc) is 3.22. The van der Waals surface area contributed by atoms with Crippen LogP contribution in [0.3, 0.4) is 0 Å². The Bertz CT molecular complexity index is 1020. The highest BCUT2D eigenvalue weighted by molar-refractivity contribution is 6.02. The van der Waals surface area contributed by atoms with E-state index in [0.717, 1.165) is 38.5 Å². The van der Waals surface area contributed by atoms with E-state index in [0.29, 0.717) is 12.8 Å². The van der Waals surface area contributed by atoms with Crippen LogP contribution in [0.25, 0.3) is 0 Å². The van der Waals surface area contributed by atoms with Gasteiger partial charge in [0.2, 0.25) is 23.9 Å². The Kier molecular flexibility index (Phi) is 50.3. The molecule has 0 aliphatic rings. The molecule has 61 heavy (non-hydrogen) atoms. The van der Waals surface area contributed by atoms with Crippen molar-refractivity contribution in [3.05, 3.63) is 0 Å². The first-order valence-electron chi connectivity index (χ1n) is 24.4. The third-order valence-electron chi connectivity index (χ3n) is 10.2. The summed E-state index contributed by atoms with van der Waals surface area (Å²) in [6.07, 6.45) is 37.9. The molecule has 0 spiro atoms. The summed E-state index contributed by atoms with van der Waals surface area (Å²) in [5.74, 6) is -5.48. The SMILES string of the molecule is CCCCCCCCCCCCCCCCCC(=O)NC(C(=O)O)C(=O)O.CCCCCCCCCCCCCCCCCC(=O)NC(C(=O)OCC)C(=O)OCC.CCO. The van der Waals surface area contributed by atoms with Gasteiger partial charge in [-0.1, -0.05) is 194 Å². The number of carbonyl (C=O) groups excluding carboxylic acids is 4. The topological polar surface area (TPSA) is 206 Å². The minimum atomic E-state index is -1.85. The summed E-state index contributed by atoms with van der Waals surface area (Å²) in [7, 11) is 0. The molecule has 0 aliphatic heterocycles. The molecular weight excluding hydrogens is 781 g/mol. The molecule has 0 aromatic heterocycles. The molecular formula is C48H92N2O11. The van der Waals surface area contributed by atoms with Gasteiger partial charge in [0.15, 0.2) is 0 Å². The van der Waals surface area contributed by atoms with Gasteiger partial charge in [0.05, 0.1) is 13.2 Å². The maximum absolute atomic E-state index is 12.1. The van der Waals surface area contributed by atoms with Crippen molar-refractivity contribution >= 4 is 35.7 Å². The Morgan fingerprint density at radius 3 is 0.803 bits per heavy atom. The summed E-state index contributed by atoms with van der Waals surface area (Å²) in [5, 5.41) is 29.4. The zero-order chi connectivity index (χ0) is 46.2. The molecule has 0 atom stereocenters. The van der Waals surface area contributed by atoms with Crippen molar-refractivity contribution in [1.82, 2.24) is 10.6 Å². The second-order valence-electron chi connectivity index (χ2n) is 15.9. The van der Waals surface area contributed by atoms with E-state index in [2.05, 4.69) is 19.2 Å². The van der Waals surface area contributed by atoms with Crippen LogP contribution in [0.1, 0.15) is 240 Å². The first kappa shape index (κ1) is 62.1. The van der Waals surface area contributed by atoms with Gasteiger partial charge in [-0.25, -0.2) is 19.2 Å². The number of carboxylic acids is 2. The highest BCUT2D eigenvalue weighted by Gasteiger charge is 2.31. The third kappa shape index (κ3) is 46.1. The Labute approximate surface area is 371 Å². The maximum Gasteiger partial charge on any atom is 0.340 e. The van der Waals surface area contributed by atoms with Gasteiger partial charge in [-0.05, 0) is 33.6 Å². The van der Waals surface area contributed by atoms with Crippen molar-refractivity contribution in [2.24, 2.45) is 0 Å². The maximum atomic E-state index is 12.1. The predicted octanol–water partition coefficient (Wildman–Crippen LogP) is 10.8. The van der Waals surface area contributed by atoms with E-state index in [9.17, 15) is 28.8 Å². The summed E-state index contributed by atoms with van der Waals surface area (Å²) in [5.41, 5.74) is 0. The monoisotopic (exact) mass is 873 g/mol. The number of nitrogens with one attached hydrogen (secondary N) is 2. The highest BCUT2D eigenvalue weighted by atomic mass is 16.6. The second kappa shape index (κ2) is 49.4. The van der Waals surface area contributed by atoms with Crippen molar-refractivity contribution in [2.45, 2.75) is 252 Å². The van der Waals surface area contributed by atoms with E-state index >= 15 is 0 Å². The number of carboxylic acid groups (broad SMARTS) is 2. The molecule has 0 saturated heterocycles. The summed E-state index contributed by atoms with van der Waals surface area (Å²) in [6, 6.07) is -3.22. The van der Waals surface area contributed by atoms with Crippen LogP contribution in [0.5, 0.6) is 0 Å². The van der Waals surface area contributed by atoms with Crippen molar-refractivity contribution in [1.29, 1.82) is 0 Å². The minimum Gasteiger partial charge on any atom is -0.479 e. The molecule has 0 aromatic carbocycles. The van der Waals surface area contributed by atoms with E-state index < -0.39 is 41.9 Å². The first-order valence-corrected chi connectivity index (χ1v) is 24.4. The van der Waals surface area contributed by atoms with Gasteiger partial charge in [0.25, 0.3) is 0 Å². The summed E-state index contributed by atoms with van der Waals surface area (Å²) < 4.78 is 9.70. The number of hydrogen-bond acceptors (Lipinski definition) is 9. The van der Waals surface area contributed by atoms with E-state index in [1.54, 1.807) is 20.8 Å². The first-order chi connectivity index (χ1) is 29.5. The van der Waals surface area contributed by atoms with Crippen molar-refractivity contribution in [3.8, 4) is 0 Å². The number of aliphatic hydroxyl groups excluding tert-OH is 1. The highest BCUT2D eigenvalue weighted by Crippen LogP contribution is 2.15. The van der Waals surface area contributed by atoms with Crippen LogP contribution in [0.2, 0.25) is 0 Å². The normalized spacial score (nSPS) is 10.6. The molecule has 13 nitrogen and oxygen atoms in total. The van der Waals surface area contributed by atoms with Crippen LogP contribution < -0.4 is 10.6 Å². The quantitative estimate of drug-likeness (QED) is 0.0222. The smallest absolute Gasteiger partial charge is 0.340 e. The summed E-state index contributed by atoms with van der Waals surface area (Å²) in [4.78, 5) is 68.8. The van der Waals surface area contributed by atoms with Crippen LogP contribution in [0.4, 0.5) is 0 Å². The molecule has 0 bridgehead atoms. The average molecular weight is 873 g/mol. The lowest BCUT2D eigenvalue weighted by atomic mass is 10.0. The Morgan fingerprint density at radius 2 is 0.590 bits per heavy atom. The van der Waals surface area contributed by atoms with Gasteiger partial charge in [-0.15, -0.1) is 0 Å². The molecule has 360 valence electrons. The van der Waals surface area contributed by atoms with Gasteiger partial charge in [-0.2, -0.15) is 0 Å². The lowest BCUT2D eigenvalue weighted by molar-refractivity contribution is -0.159. The fraction of sp³-hybridized carbons (Fsp3) is 0.875. The lowest BCUT2D eigenvalue weighted by Gasteiger charge is -2.15. The van der Waals surface area contributed by atoms with E-state index in [-0.39, 0.29) is 32.1 Å². The van der Waals surface area contributed by atoms with E-state index in [4.69, 9.17) is 24.8 Å². The van der Waals surface area contributed by atoms with Gasteiger partial charge in [-0.3, -0.25) is 9.59 Å². The molecule has 0 radical (unpaired) electrons. The van der Waals surface area contributed by atoms with Gasteiger partial charge < -0.3 is 35.4 Å². The zero-order valence-electron chi connectivity index (χ0n) is 39.5. The predicted molar refractivity (Wildman–Crippen MR) is 244 cm³/mol. The second-order valence-corrected chi connectivity index (χ2v) is 15.9. The summed E-state index contributed by atoms with van der Waals surface area (Å²) >= 11 is 0. The van der Waals surface area contributed by atoms with E-state index in [1.807, 2.05) is 5.32 Å². The fourth-order valence-corrected chi connectivity index (χ4v) is 6.67. The molecule has 0 rings (SSSR count). The number of carbonyl (C=O) groups is 6. The van der Waals surface area contributed by atoms with Crippen LogP contribution >= 0.6 is 0 Å². The van der Waals surface area contributed by atoms with E-state index in [1.165, 1.54) is 148 Å². The molecule has 0 fully saturated rings. The molecule has 0 unspecified atom stereocenters. The minimum absolute atomic E-state index is 0.143. The van der Waals surface area contributed by atoms with Crippen molar-refractivity contribution < 1.29 is 53.6 Å². The van der Waals surface area contributed by atoms with Crippen LogP contribution in [0, 0.1) is 0 Å². The molecule has 0 aliphatic carbocycles. The number of amides is 2. The molecule has 5 N–H and O–H groups in total. The number of esters is 2. The summed E-state index contributed by atoms with van der Waals surface area (Å²) in [6.45, 7) is 10.0. The number of unbranched alkanes of at least 4 members (excludes halogenated alkanes) is 28. The number of aliphatic hydroxyl groups is 1. The van der Waals surface area contributed by atoms with Gasteiger partial charge in [0.1, 0.15) is 0 Å². The number of rotatable bonds is 40. The molecule has 0 heterocycles. The molecule has 0 aromatic rings. The van der Waals surface area contributed by atoms with Crippen molar-refractivity contribution in [2.75, 3.05) is 19.8 Å². The van der Waals surface area contributed by atoms with Crippen molar-refractivity contribution in [3.63, 3.8) is 0 Å². The molecule has 2 amide bonds. The van der Waals surface area contributed by atoms with Crippen LogP contribution in [-0.2, 0) is 38.2 Å². The van der Waals surface area contributed by atoms with Crippen LogP contribution in [0.15, 0.2) is 0 Å². The standard InChI is InChI=1S/C25H47NO5.C21H39NO5.C2H6O/c1-4-7-8-9-10-11-12-13-14-15-16-17-18-19-20-21-22(27)26-23(24(28)30-5-2)25(29)31-6-3;1-2-3-4-5-6-7-8-9-10-11-12-13-14-15-16-17-18(23)22-19(20(24)25)21(26)27;1-2-3/h23H,4-21H2,1-3H3,(H,26,27);19H,2-17H2,1H3,(H,22,23)(H,24,25)(H,26,27);3H,2H2,1H3. The Morgan fingerprint density at radius 1 is 0.377 bits per heavy atom. The Balaban J connectivity index is -0.00000104. The number of aliphatic carboxylic acids is 2. The zero-order valence-corrected chi connectivity index (χ0v) is 39.5. The van der Waals surface area contributed by atoms with Gasteiger partial charge in [0, 0.05) is 19.4 Å². The third-order valence-corrected chi connectivity index (χ3v) is 10.2. The largest absolute Gasteiger partial charge is 0.479 e. The fourth-order valence-electron chi connectivity index (χ4n) is 6.67. The number of hydrogen-bond donors (Lipinski definition) is 5. The molecule has 0 saturated carbocycles. The van der Waals surface area contributed by atoms with Gasteiger partial charge >= 0.3 is 23.9 Å². The van der Waals surface area contributed by atoms with Crippen LogP contribution in [-0.4, -0.2) is 82.9 Å². The number of ether oxygens (including phenoxy) is 2.